The Morgan fingerprint density at radius 3 is 2.50 bits per heavy atom. The van der Waals surface area contributed by atoms with Crippen molar-refractivity contribution in [3.8, 4) is 11.4 Å². The van der Waals surface area contributed by atoms with Crippen molar-refractivity contribution in [2.75, 3.05) is 6.54 Å². The Bertz CT molecular complexity index is 1510. The lowest BCUT2D eigenvalue weighted by Crippen LogP contribution is -2.13. The molecule has 0 aliphatic carbocycles. The van der Waals surface area contributed by atoms with Gasteiger partial charge in [-0.05, 0) is 67.8 Å². The number of benzene rings is 3. The van der Waals surface area contributed by atoms with Gasteiger partial charge in [-0.25, -0.2) is 0 Å². The van der Waals surface area contributed by atoms with Crippen LogP contribution in [0.25, 0.3) is 5.69 Å². The predicted molar refractivity (Wildman–Crippen MR) is 148 cm³/mol. The van der Waals surface area contributed by atoms with E-state index in [2.05, 4.69) is 26.1 Å². The van der Waals surface area contributed by atoms with Crippen molar-refractivity contribution in [1.82, 2.24) is 14.8 Å². The molecular weight excluding hydrogens is 574 g/mol. The lowest BCUT2D eigenvalue weighted by molar-refractivity contribution is -0.479. The molecule has 12 heteroatoms. The van der Waals surface area contributed by atoms with E-state index in [9.17, 15) is 20.2 Å². The van der Waals surface area contributed by atoms with Gasteiger partial charge in [-0.3, -0.25) is 24.8 Å². The van der Waals surface area contributed by atoms with Crippen LogP contribution in [-0.4, -0.2) is 31.2 Å². The third kappa shape index (κ3) is 6.37. The molecule has 3 aromatic carbocycles. The Morgan fingerprint density at radius 1 is 1.00 bits per heavy atom. The Morgan fingerprint density at radius 2 is 1.79 bits per heavy atom. The SMILES string of the molecule is Cc1ccc(-n2c(C)nnc2S[C@H](C[N+](=O)[O-])c2cc(Br)ccc2OCc2cccc([N+](=O)[O-])c2)cc1C. The highest BCUT2D eigenvalue weighted by molar-refractivity contribution is 9.10. The van der Waals surface area contributed by atoms with Gasteiger partial charge in [-0.1, -0.05) is 45.9 Å². The number of non-ortho nitro benzene ring substituents is 1. The van der Waals surface area contributed by atoms with Crippen LogP contribution in [0.15, 0.2) is 70.3 Å². The molecule has 38 heavy (non-hydrogen) atoms. The monoisotopic (exact) mass is 597 g/mol. The highest BCUT2D eigenvalue weighted by Gasteiger charge is 2.27. The molecule has 0 unspecified atom stereocenters. The van der Waals surface area contributed by atoms with Gasteiger partial charge < -0.3 is 4.74 Å². The predicted octanol–water partition coefficient (Wildman–Crippen LogP) is 6.55. The number of rotatable bonds is 10. The summed E-state index contributed by atoms with van der Waals surface area (Å²) in [4.78, 5) is 22.0. The number of aryl methyl sites for hydroxylation is 3. The van der Waals surface area contributed by atoms with Crippen LogP contribution in [-0.2, 0) is 6.61 Å². The minimum atomic E-state index is -0.656. The first-order chi connectivity index (χ1) is 18.1. The van der Waals surface area contributed by atoms with Crippen molar-refractivity contribution in [1.29, 1.82) is 0 Å². The summed E-state index contributed by atoms with van der Waals surface area (Å²) in [6.45, 7) is 5.56. The first kappa shape index (κ1) is 27.3. The molecule has 0 radical (unpaired) electrons. The van der Waals surface area contributed by atoms with Gasteiger partial charge in [-0.2, -0.15) is 0 Å². The zero-order valence-corrected chi connectivity index (χ0v) is 23.2. The molecule has 0 aliphatic rings. The van der Waals surface area contributed by atoms with Crippen molar-refractivity contribution in [3.63, 3.8) is 0 Å². The van der Waals surface area contributed by atoms with Crippen molar-refractivity contribution < 1.29 is 14.6 Å². The Labute approximate surface area is 231 Å². The average Bonchev–Trinajstić information content (AvgIpc) is 3.24. The third-order valence-corrected chi connectivity index (χ3v) is 7.60. The number of halogens is 1. The minimum absolute atomic E-state index is 0.0371. The summed E-state index contributed by atoms with van der Waals surface area (Å²) < 4.78 is 8.65. The summed E-state index contributed by atoms with van der Waals surface area (Å²) in [5.41, 5.74) is 4.30. The number of hydrogen-bond acceptors (Lipinski definition) is 8. The molecule has 1 aromatic heterocycles. The van der Waals surface area contributed by atoms with E-state index in [0.717, 1.165) is 21.3 Å². The van der Waals surface area contributed by atoms with Crippen molar-refractivity contribution in [3.05, 3.63) is 113 Å². The molecule has 0 amide bonds. The molecule has 0 fully saturated rings. The number of ether oxygens (including phenoxy) is 1. The number of hydrogen-bond donors (Lipinski definition) is 0. The van der Waals surface area contributed by atoms with E-state index in [1.807, 2.05) is 43.5 Å². The number of thioether (sulfide) groups is 1. The highest BCUT2D eigenvalue weighted by atomic mass is 79.9. The van der Waals surface area contributed by atoms with Gasteiger partial charge in [-0.15, -0.1) is 10.2 Å². The number of nitro benzene ring substituents is 1. The third-order valence-electron chi connectivity index (χ3n) is 5.94. The maximum absolute atomic E-state index is 11.7. The van der Waals surface area contributed by atoms with E-state index in [1.165, 1.54) is 23.9 Å². The van der Waals surface area contributed by atoms with E-state index >= 15 is 0 Å². The molecule has 0 aliphatic heterocycles. The number of aromatic nitrogens is 3. The van der Waals surface area contributed by atoms with Crippen LogP contribution < -0.4 is 4.74 Å². The number of nitrogens with zero attached hydrogens (tertiary/aromatic N) is 5. The smallest absolute Gasteiger partial charge is 0.269 e. The molecule has 1 atom stereocenters. The van der Waals surface area contributed by atoms with Gasteiger partial charge in [0, 0.05) is 32.8 Å². The maximum atomic E-state index is 11.7. The molecule has 1 heterocycles. The van der Waals surface area contributed by atoms with Crippen LogP contribution in [0, 0.1) is 41.0 Å². The summed E-state index contributed by atoms with van der Waals surface area (Å²) in [6.07, 6.45) is 0. The van der Waals surface area contributed by atoms with Crippen LogP contribution in [0.2, 0.25) is 0 Å². The molecule has 0 N–H and O–H groups in total. The van der Waals surface area contributed by atoms with Crippen molar-refractivity contribution in [2.45, 2.75) is 37.8 Å². The summed E-state index contributed by atoms with van der Waals surface area (Å²) in [7, 11) is 0. The summed E-state index contributed by atoms with van der Waals surface area (Å²) in [5, 5.41) is 31.3. The van der Waals surface area contributed by atoms with Crippen LogP contribution in [0.5, 0.6) is 5.75 Å². The fourth-order valence-corrected chi connectivity index (χ4v) is 5.44. The van der Waals surface area contributed by atoms with Gasteiger partial charge in [0.1, 0.15) is 23.4 Å². The molecule has 4 rings (SSSR count). The second-order valence-electron chi connectivity index (χ2n) is 8.65. The lowest BCUT2D eigenvalue weighted by atomic mass is 10.1. The van der Waals surface area contributed by atoms with E-state index in [-0.39, 0.29) is 23.8 Å². The first-order valence-electron chi connectivity index (χ1n) is 11.6. The molecule has 4 aromatic rings. The molecule has 196 valence electrons. The van der Waals surface area contributed by atoms with E-state index in [4.69, 9.17) is 4.74 Å². The van der Waals surface area contributed by atoms with Crippen LogP contribution in [0.3, 0.4) is 0 Å². The topological polar surface area (TPSA) is 126 Å². The molecule has 0 bridgehead atoms. The second-order valence-corrected chi connectivity index (χ2v) is 10.7. The highest BCUT2D eigenvalue weighted by Crippen LogP contribution is 2.41. The molecular formula is C26H24BrN5O5S. The minimum Gasteiger partial charge on any atom is -0.489 e. The van der Waals surface area contributed by atoms with Crippen LogP contribution in [0.1, 0.15) is 33.3 Å². The van der Waals surface area contributed by atoms with Gasteiger partial charge in [0.15, 0.2) is 5.16 Å². The number of nitro groups is 2. The molecule has 0 saturated heterocycles. The molecule has 10 nitrogen and oxygen atoms in total. The summed E-state index contributed by atoms with van der Waals surface area (Å²) in [6, 6.07) is 17.5. The van der Waals surface area contributed by atoms with Crippen LogP contribution >= 0.6 is 27.7 Å². The Balaban J connectivity index is 1.68. The van der Waals surface area contributed by atoms with Crippen molar-refractivity contribution in [2.24, 2.45) is 0 Å². The summed E-state index contributed by atoms with van der Waals surface area (Å²) >= 11 is 4.70. The van der Waals surface area contributed by atoms with Crippen molar-refractivity contribution >= 4 is 33.4 Å². The average molecular weight is 598 g/mol. The largest absolute Gasteiger partial charge is 0.489 e. The van der Waals surface area contributed by atoms with Crippen LogP contribution in [0.4, 0.5) is 5.69 Å². The van der Waals surface area contributed by atoms with Gasteiger partial charge in [0.2, 0.25) is 6.54 Å². The zero-order valence-electron chi connectivity index (χ0n) is 20.8. The molecule has 0 saturated carbocycles. The first-order valence-corrected chi connectivity index (χ1v) is 13.2. The van der Waals surface area contributed by atoms with E-state index < -0.39 is 10.2 Å². The lowest BCUT2D eigenvalue weighted by Gasteiger charge is -2.18. The standard InChI is InChI=1S/C26H24BrN5O5S/c1-16-7-9-21(11-17(16)2)31-18(3)28-29-26(31)38-25(14-30(33)34)23-13-20(27)8-10-24(23)37-15-19-5-4-6-22(12-19)32(35)36/h4-13,25H,14-15H2,1-3H3/t25-/m1/s1. The van der Waals surface area contributed by atoms with E-state index in [0.29, 0.717) is 27.9 Å². The maximum Gasteiger partial charge on any atom is 0.269 e. The second kappa shape index (κ2) is 11.7. The van der Waals surface area contributed by atoms with E-state index in [1.54, 1.807) is 30.3 Å². The summed E-state index contributed by atoms with van der Waals surface area (Å²) in [5.74, 6) is 1.10. The normalized spacial score (nSPS) is 11.8. The quantitative estimate of drug-likeness (QED) is 0.114. The van der Waals surface area contributed by atoms with Gasteiger partial charge in [0.25, 0.3) is 5.69 Å². The fourth-order valence-electron chi connectivity index (χ4n) is 3.87. The zero-order chi connectivity index (χ0) is 27.4. The van der Waals surface area contributed by atoms with Gasteiger partial charge >= 0.3 is 0 Å². The van der Waals surface area contributed by atoms with Gasteiger partial charge in [0.05, 0.1) is 4.92 Å². The Kier molecular flexibility index (Phi) is 8.42. The Hall–Kier alpha value is -3.77. The fraction of sp³-hybridized carbons (Fsp3) is 0.231. The molecule has 0 spiro atoms.